The highest BCUT2D eigenvalue weighted by Crippen LogP contribution is 2.26. The van der Waals surface area contributed by atoms with Gasteiger partial charge in [0.15, 0.2) is 0 Å². The SMILES string of the molecule is CC(C)CCCc1ccc(CN2CCC(C(C)C)CC2)cc1.CC(C)CCc1ccc(CN2CCC(C(C)C)CC2)cc1. The Morgan fingerprint density at radius 3 is 1.19 bits per heavy atom. The highest BCUT2D eigenvalue weighted by Gasteiger charge is 2.22. The quantitative estimate of drug-likeness (QED) is 0.230. The molecule has 4 rings (SSSR count). The van der Waals surface area contributed by atoms with Crippen molar-refractivity contribution < 1.29 is 0 Å². The smallest absolute Gasteiger partial charge is 0.0233 e. The van der Waals surface area contributed by atoms with Crippen molar-refractivity contribution in [3.8, 4) is 0 Å². The highest BCUT2D eigenvalue weighted by molar-refractivity contribution is 5.23. The molecule has 0 bridgehead atoms. The first-order valence-electron chi connectivity index (χ1n) is 18.2. The summed E-state index contributed by atoms with van der Waals surface area (Å²) in [4.78, 5) is 5.26. The van der Waals surface area contributed by atoms with Gasteiger partial charge in [-0.05, 0) is 135 Å². The van der Waals surface area contributed by atoms with E-state index in [1.54, 1.807) is 0 Å². The second kappa shape index (κ2) is 19.0. The fourth-order valence-electron chi connectivity index (χ4n) is 6.86. The van der Waals surface area contributed by atoms with E-state index in [1.165, 1.54) is 106 Å². The normalized spacial score (nSPS) is 17.7. The van der Waals surface area contributed by atoms with E-state index >= 15 is 0 Å². The van der Waals surface area contributed by atoms with Crippen molar-refractivity contribution in [3.05, 3.63) is 70.8 Å². The molecule has 0 aromatic heterocycles. The van der Waals surface area contributed by atoms with Crippen LogP contribution in [0, 0.1) is 35.5 Å². The van der Waals surface area contributed by atoms with E-state index in [0.717, 1.165) is 48.6 Å². The minimum absolute atomic E-state index is 0.798. The van der Waals surface area contributed by atoms with Crippen LogP contribution in [0.15, 0.2) is 48.5 Å². The van der Waals surface area contributed by atoms with Crippen LogP contribution in [0.2, 0.25) is 0 Å². The molecule has 2 fully saturated rings. The maximum atomic E-state index is 2.63. The summed E-state index contributed by atoms with van der Waals surface area (Å²) in [5, 5.41) is 0. The molecule has 43 heavy (non-hydrogen) atoms. The Balaban J connectivity index is 0.000000236. The van der Waals surface area contributed by atoms with Gasteiger partial charge in [-0.15, -0.1) is 0 Å². The summed E-state index contributed by atoms with van der Waals surface area (Å²) in [5.41, 5.74) is 5.95. The zero-order valence-corrected chi connectivity index (χ0v) is 29.6. The van der Waals surface area contributed by atoms with Gasteiger partial charge in [0, 0.05) is 13.1 Å². The molecule has 0 unspecified atom stereocenters. The zero-order valence-electron chi connectivity index (χ0n) is 29.6. The molecule has 2 aliphatic heterocycles. The summed E-state index contributed by atoms with van der Waals surface area (Å²) in [5.74, 6) is 5.22. The van der Waals surface area contributed by atoms with Crippen molar-refractivity contribution in [1.82, 2.24) is 9.80 Å². The molecule has 0 radical (unpaired) electrons. The average Bonchev–Trinajstić information content (AvgIpc) is 2.98. The van der Waals surface area contributed by atoms with E-state index < -0.39 is 0 Å². The number of aryl methyl sites for hydroxylation is 2. The van der Waals surface area contributed by atoms with Crippen LogP contribution in [0.25, 0.3) is 0 Å². The van der Waals surface area contributed by atoms with Crippen molar-refractivity contribution in [2.24, 2.45) is 35.5 Å². The topological polar surface area (TPSA) is 6.48 Å². The summed E-state index contributed by atoms with van der Waals surface area (Å²) >= 11 is 0. The lowest BCUT2D eigenvalue weighted by Crippen LogP contribution is -2.34. The lowest BCUT2D eigenvalue weighted by molar-refractivity contribution is 0.152. The van der Waals surface area contributed by atoms with E-state index in [1.807, 2.05) is 0 Å². The first kappa shape index (κ1) is 35.8. The molecule has 2 aromatic carbocycles. The molecule has 0 atom stereocenters. The van der Waals surface area contributed by atoms with Gasteiger partial charge in [0.1, 0.15) is 0 Å². The standard InChI is InChI=1S/C21H35N.C20H33N/c1-17(2)6-5-7-19-8-10-20(11-9-19)16-22-14-12-21(13-15-22)18(3)4;1-16(2)5-6-18-7-9-19(10-8-18)15-21-13-11-20(12-14-21)17(3)4/h8-11,17-18,21H,5-7,12-16H2,1-4H3;7-10,16-17,20H,5-6,11-15H2,1-4H3. The van der Waals surface area contributed by atoms with Crippen molar-refractivity contribution in [2.45, 2.75) is 126 Å². The molecule has 2 aliphatic rings. The van der Waals surface area contributed by atoms with Gasteiger partial charge in [0.25, 0.3) is 0 Å². The van der Waals surface area contributed by atoms with Crippen LogP contribution >= 0.6 is 0 Å². The largest absolute Gasteiger partial charge is 0.299 e. The first-order chi connectivity index (χ1) is 20.6. The number of likely N-dealkylation sites (tertiary alicyclic amines) is 2. The van der Waals surface area contributed by atoms with Gasteiger partial charge >= 0.3 is 0 Å². The molecule has 0 amide bonds. The van der Waals surface area contributed by atoms with Crippen molar-refractivity contribution in [1.29, 1.82) is 0 Å². The van der Waals surface area contributed by atoms with Crippen LogP contribution in [-0.4, -0.2) is 36.0 Å². The van der Waals surface area contributed by atoms with E-state index in [2.05, 4.69) is 114 Å². The lowest BCUT2D eigenvalue weighted by atomic mass is 9.86. The Morgan fingerprint density at radius 2 is 0.837 bits per heavy atom. The fraction of sp³-hybridized carbons (Fsp3) is 0.707. The van der Waals surface area contributed by atoms with Crippen molar-refractivity contribution in [2.75, 3.05) is 26.2 Å². The summed E-state index contributed by atoms with van der Waals surface area (Å²) in [7, 11) is 0. The van der Waals surface area contributed by atoms with Gasteiger partial charge in [0.05, 0.1) is 0 Å². The van der Waals surface area contributed by atoms with Crippen LogP contribution in [0.1, 0.15) is 123 Å². The molecule has 0 spiro atoms. The maximum absolute atomic E-state index is 2.63. The minimum atomic E-state index is 0.798. The number of hydrogen-bond acceptors (Lipinski definition) is 2. The molecule has 2 aromatic rings. The predicted octanol–water partition coefficient (Wildman–Crippen LogP) is 10.7. The first-order valence-corrected chi connectivity index (χ1v) is 18.2. The van der Waals surface area contributed by atoms with Gasteiger partial charge in [-0.3, -0.25) is 9.80 Å². The second-order valence-corrected chi connectivity index (χ2v) is 15.6. The summed E-state index contributed by atoms with van der Waals surface area (Å²) in [6.07, 6.45) is 11.9. The minimum Gasteiger partial charge on any atom is -0.299 e. The van der Waals surface area contributed by atoms with E-state index in [0.29, 0.717) is 0 Å². The van der Waals surface area contributed by atoms with Gasteiger partial charge in [-0.2, -0.15) is 0 Å². The molecule has 2 nitrogen and oxygen atoms in total. The molecular weight excluding hydrogens is 520 g/mol. The van der Waals surface area contributed by atoms with Crippen LogP contribution in [0.5, 0.6) is 0 Å². The Morgan fingerprint density at radius 1 is 0.488 bits per heavy atom. The second-order valence-electron chi connectivity index (χ2n) is 15.6. The molecule has 2 heterocycles. The van der Waals surface area contributed by atoms with Gasteiger partial charge in [0.2, 0.25) is 0 Å². The molecule has 2 heteroatoms. The third-order valence-electron chi connectivity index (χ3n) is 10.3. The molecule has 0 aliphatic carbocycles. The molecule has 0 N–H and O–H groups in total. The molecule has 2 saturated heterocycles. The summed E-state index contributed by atoms with van der Waals surface area (Å²) in [6, 6.07) is 18.7. The van der Waals surface area contributed by atoms with Crippen molar-refractivity contribution >= 4 is 0 Å². The van der Waals surface area contributed by atoms with Crippen LogP contribution < -0.4 is 0 Å². The fourth-order valence-corrected chi connectivity index (χ4v) is 6.86. The number of rotatable bonds is 13. The molecule has 0 saturated carbocycles. The van der Waals surface area contributed by atoms with Crippen molar-refractivity contribution in [3.63, 3.8) is 0 Å². The zero-order chi connectivity index (χ0) is 31.2. The average molecular weight is 589 g/mol. The summed E-state index contributed by atoms with van der Waals surface area (Å²) in [6.45, 7) is 26.1. The monoisotopic (exact) mass is 589 g/mol. The number of hydrogen-bond donors (Lipinski definition) is 0. The van der Waals surface area contributed by atoms with Crippen LogP contribution in [0.3, 0.4) is 0 Å². The van der Waals surface area contributed by atoms with Gasteiger partial charge < -0.3 is 0 Å². The van der Waals surface area contributed by atoms with Gasteiger partial charge in [-0.25, -0.2) is 0 Å². The maximum Gasteiger partial charge on any atom is 0.0233 e. The summed E-state index contributed by atoms with van der Waals surface area (Å²) < 4.78 is 0. The van der Waals surface area contributed by atoms with Gasteiger partial charge in [-0.1, -0.05) is 110 Å². The Bertz CT molecular complexity index is 971. The molecule has 242 valence electrons. The molecular formula is C41H68N2. The van der Waals surface area contributed by atoms with E-state index in [-0.39, 0.29) is 0 Å². The number of benzene rings is 2. The van der Waals surface area contributed by atoms with Crippen LogP contribution in [0.4, 0.5) is 0 Å². The Labute approximate surface area is 268 Å². The van der Waals surface area contributed by atoms with E-state index in [9.17, 15) is 0 Å². The highest BCUT2D eigenvalue weighted by atomic mass is 15.1. The van der Waals surface area contributed by atoms with E-state index in [4.69, 9.17) is 0 Å². The Hall–Kier alpha value is -1.64. The lowest BCUT2D eigenvalue weighted by Gasteiger charge is -2.33. The number of nitrogens with zero attached hydrogens (tertiary/aromatic N) is 2. The third kappa shape index (κ3) is 13.9. The third-order valence-corrected chi connectivity index (χ3v) is 10.3. The van der Waals surface area contributed by atoms with Crippen LogP contribution in [-0.2, 0) is 25.9 Å². The Kier molecular flexibility index (Phi) is 15.8. The number of piperidine rings is 2. The predicted molar refractivity (Wildman–Crippen MR) is 189 cm³/mol.